The van der Waals surface area contributed by atoms with E-state index in [2.05, 4.69) is 27.5 Å². The van der Waals surface area contributed by atoms with Crippen LogP contribution in [0.3, 0.4) is 0 Å². The first-order valence-electron chi connectivity index (χ1n) is 11.0. The number of carbonyl (C=O) groups excluding carboxylic acids is 2. The Morgan fingerprint density at radius 2 is 1.88 bits per heavy atom. The molecule has 0 unspecified atom stereocenters. The van der Waals surface area contributed by atoms with Crippen LogP contribution in [0.25, 0.3) is 11.1 Å². The second-order valence-corrected chi connectivity index (χ2v) is 8.44. The zero-order chi connectivity index (χ0) is 22.6. The van der Waals surface area contributed by atoms with E-state index in [9.17, 15) is 9.59 Å². The molecule has 1 N–H and O–H groups in total. The fraction of sp³-hybridized carbons (Fsp3) is 0.360. The van der Waals surface area contributed by atoms with Crippen molar-refractivity contribution in [1.82, 2.24) is 25.0 Å². The lowest BCUT2D eigenvalue weighted by Crippen LogP contribution is -2.44. The maximum absolute atomic E-state index is 13.1. The summed E-state index contributed by atoms with van der Waals surface area (Å²) in [5.74, 6) is 0.0494. The lowest BCUT2D eigenvalue weighted by molar-refractivity contribution is -0.133. The third-order valence-corrected chi connectivity index (χ3v) is 6.42. The highest BCUT2D eigenvalue weighted by molar-refractivity contribution is 5.86. The number of nitrogens with one attached hydrogen (secondary N) is 1. The van der Waals surface area contributed by atoms with Gasteiger partial charge in [-0.3, -0.25) is 19.3 Å². The fourth-order valence-corrected chi connectivity index (χ4v) is 4.61. The fourth-order valence-electron chi connectivity index (χ4n) is 4.61. The van der Waals surface area contributed by atoms with Gasteiger partial charge in [0.15, 0.2) is 0 Å². The summed E-state index contributed by atoms with van der Waals surface area (Å²) in [5.41, 5.74) is 3.66. The van der Waals surface area contributed by atoms with Gasteiger partial charge in [-0.15, -0.1) is 0 Å². The summed E-state index contributed by atoms with van der Waals surface area (Å²) in [7, 11) is 1.67. The van der Waals surface area contributed by atoms with Crippen molar-refractivity contribution < 1.29 is 9.59 Å². The average Bonchev–Trinajstić information content (AvgIpc) is 3.45. The summed E-state index contributed by atoms with van der Waals surface area (Å²) in [6, 6.07) is 14.0. The number of carbonyl (C=O) groups is 2. The van der Waals surface area contributed by atoms with Gasteiger partial charge in [-0.2, -0.15) is 5.10 Å². The third kappa shape index (κ3) is 4.42. The highest BCUT2D eigenvalue weighted by atomic mass is 16.2. The van der Waals surface area contributed by atoms with E-state index in [0.29, 0.717) is 38.9 Å². The molecule has 3 heterocycles. The average molecular weight is 432 g/mol. The zero-order valence-electron chi connectivity index (χ0n) is 18.6. The van der Waals surface area contributed by atoms with Gasteiger partial charge in [0.2, 0.25) is 11.8 Å². The standard InChI is InChI=1S/C25H29N5O2/c1-19-7-14-28-30(19)15-10-23(31)29-16-11-25(18-29,24(32)26-2)17-21-5-3-4-6-22(21)20-8-12-27-13-9-20/h3-9,12-14H,10-11,15-18H2,1-2H3,(H,26,32)/t25-/m1/s1. The Morgan fingerprint density at radius 1 is 1.09 bits per heavy atom. The van der Waals surface area contributed by atoms with Crippen LogP contribution in [0, 0.1) is 12.3 Å². The van der Waals surface area contributed by atoms with Gasteiger partial charge in [0.05, 0.1) is 5.41 Å². The number of nitrogens with zero attached hydrogens (tertiary/aromatic N) is 4. The molecule has 7 nitrogen and oxygen atoms in total. The van der Waals surface area contributed by atoms with Crippen LogP contribution in [0.15, 0.2) is 61.1 Å². The molecule has 2 amide bonds. The quantitative estimate of drug-likeness (QED) is 0.624. The minimum atomic E-state index is -0.644. The molecule has 7 heteroatoms. The summed E-state index contributed by atoms with van der Waals surface area (Å²) in [4.78, 5) is 32.0. The number of pyridine rings is 1. The van der Waals surface area contributed by atoms with E-state index >= 15 is 0 Å². The molecule has 0 saturated carbocycles. The minimum absolute atomic E-state index is 0.0137. The highest BCUT2D eigenvalue weighted by Gasteiger charge is 2.45. The predicted molar refractivity (Wildman–Crippen MR) is 123 cm³/mol. The van der Waals surface area contributed by atoms with Gasteiger partial charge in [-0.05, 0) is 54.7 Å². The van der Waals surface area contributed by atoms with Gasteiger partial charge >= 0.3 is 0 Å². The molecule has 1 atom stereocenters. The molecule has 1 fully saturated rings. The Labute approximate surface area is 188 Å². The monoisotopic (exact) mass is 431 g/mol. The van der Waals surface area contributed by atoms with Gasteiger partial charge in [0.1, 0.15) is 0 Å². The lowest BCUT2D eigenvalue weighted by Gasteiger charge is -2.28. The number of hydrogen-bond donors (Lipinski definition) is 1. The van der Waals surface area contributed by atoms with Crippen LogP contribution in [0.1, 0.15) is 24.1 Å². The summed E-state index contributed by atoms with van der Waals surface area (Å²) < 4.78 is 1.84. The number of aromatic nitrogens is 3. The molecule has 1 aromatic carbocycles. The molecule has 2 aromatic heterocycles. The van der Waals surface area contributed by atoms with Crippen LogP contribution < -0.4 is 5.32 Å². The Kier molecular flexibility index (Phi) is 6.35. The number of benzene rings is 1. The van der Waals surface area contributed by atoms with Crippen molar-refractivity contribution in [2.75, 3.05) is 20.1 Å². The Hall–Kier alpha value is -3.48. The molecule has 0 aliphatic carbocycles. The van der Waals surface area contributed by atoms with E-state index < -0.39 is 5.41 Å². The summed E-state index contributed by atoms with van der Waals surface area (Å²) in [6.45, 7) is 3.53. The van der Waals surface area contributed by atoms with Crippen molar-refractivity contribution in [3.05, 3.63) is 72.3 Å². The molecular weight excluding hydrogens is 402 g/mol. The van der Waals surface area contributed by atoms with Crippen LogP contribution in [0.4, 0.5) is 0 Å². The van der Waals surface area contributed by atoms with Crippen molar-refractivity contribution in [2.24, 2.45) is 5.41 Å². The maximum Gasteiger partial charge on any atom is 0.228 e. The number of aryl methyl sites for hydroxylation is 2. The first kappa shape index (κ1) is 21.7. The molecule has 1 aliphatic rings. The van der Waals surface area contributed by atoms with Crippen LogP contribution in [0.5, 0.6) is 0 Å². The SMILES string of the molecule is CNC(=O)[C@@]1(Cc2ccccc2-c2ccncc2)CCN(C(=O)CCn2nccc2C)C1. The molecule has 4 rings (SSSR count). The molecule has 166 valence electrons. The summed E-state index contributed by atoms with van der Waals surface area (Å²) in [5, 5.41) is 7.10. The largest absolute Gasteiger partial charge is 0.359 e. The van der Waals surface area contributed by atoms with Gasteiger partial charge in [0.25, 0.3) is 0 Å². The normalized spacial score (nSPS) is 18.0. The van der Waals surface area contributed by atoms with Gasteiger partial charge in [-0.1, -0.05) is 24.3 Å². The second kappa shape index (κ2) is 9.34. The van der Waals surface area contributed by atoms with Gasteiger partial charge < -0.3 is 10.2 Å². The van der Waals surface area contributed by atoms with Crippen LogP contribution in [-0.4, -0.2) is 51.6 Å². The molecule has 0 spiro atoms. The topological polar surface area (TPSA) is 80.1 Å². The smallest absolute Gasteiger partial charge is 0.228 e. The molecule has 1 saturated heterocycles. The third-order valence-electron chi connectivity index (χ3n) is 6.42. The lowest BCUT2D eigenvalue weighted by atomic mass is 9.78. The van der Waals surface area contributed by atoms with E-state index in [1.807, 2.05) is 46.8 Å². The van der Waals surface area contributed by atoms with Gasteiger partial charge in [0, 0.05) is 57.4 Å². The number of likely N-dealkylation sites (tertiary alicyclic amines) is 1. The van der Waals surface area contributed by atoms with Crippen LogP contribution in [-0.2, 0) is 22.6 Å². The molecule has 0 radical (unpaired) electrons. The van der Waals surface area contributed by atoms with E-state index in [1.54, 1.807) is 25.6 Å². The molecular formula is C25H29N5O2. The van der Waals surface area contributed by atoms with E-state index in [-0.39, 0.29) is 11.8 Å². The van der Waals surface area contributed by atoms with Crippen molar-refractivity contribution in [2.45, 2.75) is 32.7 Å². The van der Waals surface area contributed by atoms with Gasteiger partial charge in [-0.25, -0.2) is 0 Å². The zero-order valence-corrected chi connectivity index (χ0v) is 18.6. The van der Waals surface area contributed by atoms with Crippen LogP contribution >= 0.6 is 0 Å². The van der Waals surface area contributed by atoms with Crippen molar-refractivity contribution in [1.29, 1.82) is 0 Å². The highest BCUT2D eigenvalue weighted by Crippen LogP contribution is 2.37. The van der Waals surface area contributed by atoms with E-state index in [0.717, 1.165) is 22.4 Å². The summed E-state index contributed by atoms with van der Waals surface area (Å²) in [6.07, 6.45) is 6.89. The minimum Gasteiger partial charge on any atom is -0.359 e. The second-order valence-electron chi connectivity index (χ2n) is 8.44. The number of amides is 2. The number of rotatable bonds is 7. The Bertz CT molecular complexity index is 1090. The number of hydrogen-bond acceptors (Lipinski definition) is 4. The predicted octanol–water partition coefficient (Wildman–Crippen LogP) is 2.85. The first-order valence-corrected chi connectivity index (χ1v) is 11.0. The maximum atomic E-state index is 13.1. The first-order chi connectivity index (χ1) is 15.5. The Balaban J connectivity index is 1.53. The summed E-state index contributed by atoms with van der Waals surface area (Å²) >= 11 is 0. The van der Waals surface area contributed by atoms with E-state index in [4.69, 9.17) is 0 Å². The Morgan fingerprint density at radius 3 is 2.59 bits per heavy atom. The van der Waals surface area contributed by atoms with Crippen LogP contribution in [0.2, 0.25) is 0 Å². The molecule has 0 bridgehead atoms. The van der Waals surface area contributed by atoms with Crippen molar-refractivity contribution in [3.63, 3.8) is 0 Å². The van der Waals surface area contributed by atoms with Crippen molar-refractivity contribution >= 4 is 11.8 Å². The van der Waals surface area contributed by atoms with E-state index in [1.165, 1.54) is 0 Å². The van der Waals surface area contributed by atoms with Crippen molar-refractivity contribution in [3.8, 4) is 11.1 Å². The molecule has 32 heavy (non-hydrogen) atoms. The molecule has 3 aromatic rings. The molecule has 1 aliphatic heterocycles.